The van der Waals surface area contributed by atoms with E-state index in [0.717, 1.165) is 5.70 Å². The minimum Gasteiger partial charge on any atom is -0.302 e. The maximum atomic E-state index is 12.1. The number of amides is 1. The summed E-state index contributed by atoms with van der Waals surface area (Å²) in [6.45, 7) is 8.92. The summed E-state index contributed by atoms with van der Waals surface area (Å²) in [7, 11) is -1.35. The number of hydrogen-bond donors (Lipinski definition) is 0. The molecule has 0 radical (unpaired) electrons. The Kier molecular flexibility index (Phi) is 3.76. The molecule has 1 amide bonds. The lowest BCUT2D eigenvalue weighted by atomic mass is 10.1. The Morgan fingerprint density at radius 2 is 1.74 bits per heavy atom. The summed E-state index contributed by atoms with van der Waals surface area (Å²) in [5, 5.41) is 0. The maximum absolute atomic E-state index is 12.1. The zero-order chi connectivity index (χ0) is 14.0. The maximum Gasteiger partial charge on any atom is 0.251 e. The average molecular weight is 271 g/mol. The van der Waals surface area contributed by atoms with Gasteiger partial charge in [-0.2, -0.15) is 0 Å². The van der Waals surface area contributed by atoms with Gasteiger partial charge in [0.05, 0.1) is 14.1 Å². The van der Waals surface area contributed by atoms with Crippen LogP contribution in [0.3, 0.4) is 0 Å². The zero-order valence-electron chi connectivity index (χ0n) is 12.1. The summed E-state index contributed by atoms with van der Waals surface area (Å²) < 4.78 is 0. The van der Waals surface area contributed by atoms with Crippen LogP contribution >= 0.6 is 0 Å². The normalized spacial score (nSPS) is 19.3. The molecule has 1 aliphatic heterocycles. The highest BCUT2D eigenvalue weighted by Gasteiger charge is 2.27. The van der Waals surface area contributed by atoms with Crippen molar-refractivity contribution in [2.24, 2.45) is 0 Å². The molecule has 1 aromatic carbocycles. The van der Waals surface area contributed by atoms with Crippen LogP contribution in [0.15, 0.2) is 53.9 Å². The summed E-state index contributed by atoms with van der Waals surface area (Å²) in [6, 6.07) is 10.2. The van der Waals surface area contributed by atoms with E-state index in [1.165, 1.54) is 5.56 Å². The zero-order valence-corrected chi connectivity index (χ0v) is 13.1. The Morgan fingerprint density at radius 3 is 2.32 bits per heavy atom. The van der Waals surface area contributed by atoms with Crippen molar-refractivity contribution in [1.29, 1.82) is 0 Å². The third kappa shape index (κ3) is 3.23. The SMILES string of the molecule is CC(c1ccccc1)N1C(=O)C=C/C1=C/[Si](C)(C)C. The number of carbonyl (C=O) groups is 1. The van der Waals surface area contributed by atoms with Crippen LogP contribution in [0, 0.1) is 0 Å². The monoisotopic (exact) mass is 271 g/mol. The van der Waals surface area contributed by atoms with E-state index in [2.05, 4.69) is 44.4 Å². The lowest BCUT2D eigenvalue weighted by molar-refractivity contribution is -0.124. The molecule has 0 saturated heterocycles. The number of allylic oxidation sites excluding steroid dienone is 1. The van der Waals surface area contributed by atoms with Crippen molar-refractivity contribution in [3.8, 4) is 0 Å². The third-order valence-electron chi connectivity index (χ3n) is 3.16. The van der Waals surface area contributed by atoms with Gasteiger partial charge < -0.3 is 4.90 Å². The molecule has 2 rings (SSSR count). The van der Waals surface area contributed by atoms with Crippen molar-refractivity contribution in [2.75, 3.05) is 0 Å². The molecule has 0 spiro atoms. The average Bonchev–Trinajstić information content (AvgIpc) is 2.68. The molecule has 1 atom stereocenters. The number of rotatable bonds is 3. The van der Waals surface area contributed by atoms with Gasteiger partial charge in [-0.05, 0) is 18.6 Å². The Balaban J connectivity index is 2.32. The number of nitrogens with zero attached hydrogens (tertiary/aromatic N) is 1. The Hall–Kier alpha value is -1.61. The van der Waals surface area contributed by atoms with Gasteiger partial charge in [-0.3, -0.25) is 4.79 Å². The van der Waals surface area contributed by atoms with Gasteiger partial charge in [0, 0.05) is 11.8 Å². The molecule has 0 aromatic heterocycles. The Bertz CT molecular complexity index is 525. The highest BCUT2D eigenvalue weighted by molar-refractivity contribution is 6.81. The molecule has 0 aliphatic carbocycles. The molecule has 1 heterocycles. The van der Waals surface area contributed by atoms with E-state index < -0.39 is 8.07 Å². The van der Waals surface area contributed by atoms with E-state index in [1.54, 1.807) is 6.08 Å². The van der Waals surface area contributed by atoms with Crippen molar-refractivity contribution in [3.05, 3.63) is 59.4 Å². The van der Waals surface area contributed by atoms with Crippen LogP contribution in [0.1, 0.15) is 18.5 Å². The molecule has 100 valence electrons. The summed E-state index contributed by atoms with van der Waals surface area (Å²) in [5.74, 6) is 0.0841. The summed E-state index contributed by atoms with van der Waals surface area (Å²) in [5.41, 5.74) is 4.51. The van der Waals surface area contributed by atoms with Crippen LogP contribution in [0.25, 0.3) is 0 Å². The minimum absolute atomic E-state index is 0.0753. The van der Waals surface area contributed by atoms with Gasteiger partial charge in [-0.15, -0.1) is 0 Å². The van der Waals surface area contributed by atoms with Crippen molar-refractivity contribution in [1.82, 2.24) is 4.90 Å². The lowest BCUT2D eigenvalue weighted by Gasteiger charge is -2.28. The number of carbonyl (C=O) groups excluding carboxylic acids is 1. The van der Waals surface area contributed by atoms with E-state index >= 15 is 0 Å². The standard InChI is InChI=1S/C16H21NOSi/c1-13(14-8-6-5-7-9-14)17-15(10-11-16(17)18)12-19(2,3)4/h5-13H,1-4H3/b15-12-. The molecule has 3 heteroatoms. The van der Waals surface area contributed by atoms with Gasteiger partial charge >= 0.3 is 0 Å². The lowest BCUT2D eigenvalue weighted by Crippen LogP contribution is -2.29. The highest BCUT2D eigenvalue weighted by atomic mass is 28.3. The Labute approximate surface area is 116 Å². The van der Waals surface area contributed by atoms with Gasteiger partial charge in [-0.25, -0.2) is 0 Å². The number of benzene rings is 1. The first-order chi connectivity index (χ1) is 8.88. The second-order valence-electron chi connectivity index (χ2n) is 6.06. The van der Waals surface area contributed by atoms with Crippen molar-refractivity contribution < 1.29 is 4.79 Å². The largest absolute Gasteiger partial charge is 0.302 e. The first-order valence-corrected chi connectivity index (χ1v) is 10.3. The van der Waals surface area contributed by atoms with E-state index in [0.29, 0.717) is 0 Å². The highest BCUT2D eigenvalue weighted by Crippen LogP contribution is 2.29. The van der Waals surface area contributed by atoms with E-state index in [-0.39, 0.29) is 11.9 Å². The number of hydrogen-bond acceptors (Lipinski definition) is 1. The molecular weight excluding hydrogens is 250 g/mol. The van der Waals surface area contributed by atoms with Crippen LogP contribution in [0.2, 0.25) is 19.6 Å². The molecule has 0 saturated carbocycles. The van der Waals surface area contributed by atoms with Gasteiger partial charge in [0.1, 0.15) is 0 Å². The topological polar surface area (TPSA) is 20.3 Å². The second-order valence-corrected chi connectivity index (χ2v) is 11.1. The first-order valence-electron chi connectivity index (χ1n) is 6.67. The molecular formula is C16H21NOSi. The molecule has 1 aliphatic rings. The first kappa shape index (κ1) is 13.8. The molecule has 2 nitrogen and oxygen atoms in total. The Morgan fingerprint density at radius 1 is 1.11 bits per heavy atom. The summed E-state index contributed by atoms with van der Waals surface area (Å²) in [6.07, 6.45) is 3.62. The smallest absolute Gasteiger partial charge is 0.251 e. The molecule has 0 fully saturated rings. The van der Waals surface area contributed by atoms with Gasteiger partial charge in [-0.1, -0.05) is 55.7 Å². The molecule has 0 N–H and O–H groups in total. The molecule has 19 heavy (non-hydrogen) atoms. The molecule has 0 bridgehead atoms. The van der Waals surface area contributed by atoms with E-state index in [1.807, 2.05) is 29.2 Å². The molecule has 1 aromatic rings. The van der Waals surface area contributed by atoms with Crippen molar-refractivity contribution in [2.45, 2.75) is 32.6 Å². The van der Waals surface area contributed by atoms with E-state index in [4.69, 9.17) is 0 Å². The fourth-order valence-electron chi connectivity index (χ4n) is 2.30. The van der Waals surface area contributed by atoms with Crippen LogP contribution in [0.5, 0.6) is 0 Å². The van der Waals surface area contributed by atoms with Crippen LogP contribution in [0.4, 0.5) is 0 Å². The van der Waals surface area contributed by atoms with Gasteiger partial charge in [0.25, 0.3) is 5.91 Å². The van der Waals surface area contributed by atoms with Gasteiger partial charge in [0.2, 0.25) is 0 Å². The fraction of sp³-hybridized carbons (Fsp3) is 0.312. The second kappa shape index (κ2) is 5.17. The molecule has 1 unspecified atom stereocenters. The van der Waals surface area contributed by atoms with E-state index in [9.17, 15) is 4.79 Å². The predicted octanol–water partition coefficient (Wildman–Crippen LogP) is 3.91. The van der Waals surface area contributed by atoms with Gasteiger partial charge in [0.15, 0.2) is 0 Å². The van der Waals surface area contributed by atoms with Crippen molar-refractivity contribution >= 4 is 14.0 Å². The van der Waals surface area contributed by atoms with Crippen LogP contribution in [-0.2, 0) is 4.79 Å². The van der Waals surface area contributed by atoms with Crippen LogP contribution in [-0.4, -0.2) is 18.9 Å². The van der Waals surface area contributed by atoms with Crippen molar-refractivity contribution in [3.63, 3.8) is 0 Å². The summed E-state index contributed by atoms with van der Waals surface area (Å²) in [4.78, 5) is 14.0. The predicted molar refractivity (Wildman–Crippen MR) is 82.3 cm³/mol. The minimum atomic E-state index is -1.35. The quantitative estimate of drug-likeness (QED) is 0.763. The third-order valence-corrected chi connectivity index (χ3v) is 4.32. The van der Waals surface area contributed by atoms with Crippen LogP contribution < -0.4 is 0 Å². The summed E-state index contributed by atoms with van der Waals surface area (Å²) >= 11 is 0. The fourth-order valence-corrected chi connectivity index (χ4v) is 3.42.